The molecule has 0 radical (unpaired) electrons. The Morgan fingerprint density at radius 2 is 1.66 bits per heavy atom. The summed E-state index contributed by atoms with van der Waals surface area (Å²) in [4.78, 5) is 6.91. The number of methoxy groups -OCH3 is 3. The van der Waals surface area contributed by atoms with Crippen LogP contribution in [-0.2, 0) is 6.54 Å². The van der Waals surface area contributed by atoms with E-state index in [2.05, 4.69) is 34.4 Å². The molecule has 29 heavy (non-hydrogen) atoms. The highest BCUT2D eigenvalue weighted by Crippen LogP contribution is 2.38. The zero-order valence-electron chi connectivity index (χ0n) is 18.9. The first-order valence-corrected chi connectivity index (χ1v) is 10.5. The van der Waals surface area contributed by atoms with Crippen molar-refractivity contribution in [3.05, 3.63) is 17.7 Å². The minimum absolute atomic E-state index is 0.600. The largest absolute Gasteiger partial charge is 0.493 e. The van der Waals surface area contributed by atoms with Crippen LogP contribution in [0.4, 0.5) is 0 Å². The number of hydrogen-bond donors (Lipinski definition) is 2. The Labute approximate surface area is 175 Å². The molecule has 7 heteroatoms. The third-order valence-electron chi connectivity index (χ3n) is 5.30. The van der Waals surface area contributed by atoms with Crippen LogP contribution in [0.2, 0.25) is 0 Å². The Kier molecular flexibility index (Phi) is 9.38. The van der Waals surface area contributed by atoms with Gasteiger partial charge < -0.3 is 29.7 Å². The summed E-state index contributed by atoms with van der Waals surface area (Å²) in [5, 5.41) is 6.76. The van der Waals surface area contributed by atoms with Crippen molar-refractivity contribution in [2.45, 2.75) is 33.2 Å². The first-order chi connectivity index (χ1) is 14.0. The van der Waals surface area contributed by atoms with Crippen molar-refractivity contribution in [2.24, 2.45) is 16.8 Å². The van der Waals surface area contributed by atoms with Crippen LogP contribution >= 0.6 is 0 Å². The second-order valence-electron chi connectivity index (χ2n) is 7.95. The van der Waals surface area contributed by atoms with Crippen LogP contribution in [0.15, 0.2) is 17.1 Å². The predicted molar refractivity (Wildman–Crippen MR) is 118 cm³/mol. The van der Waals surface area contributed by atoms with E-state index in [0.717, 1.165) is 42.9 Å². The molecule has 2 rings (SSSR count). The minimum Gasteiger partial charge on any atom is -0.493 e. The molecule has 2 atom stereocenters. The van der Waals surface area contributed by atoms with Gasteiger partial charge in [-0.1, -0.05) is 13.8 Å². The maximum atomic E-state index is 5.42. The number of piperidine rings is 1. The molecule has 1 heterocycles. The molecule has 1 aliphatic heterocycles. The summed E-state index contributed by atoms with van der Waals surface area (Å²) in [5.74, 6) is 4.30. The Morgan fingerprint density at radius 3 is 2.17 bits per heavy atom. The van der Waals surface area contributed by atoms with E-state index < -0.39 is 0 Å². The van der Waals surface area contributed by atoms with Gasteiger partial charge in [-0.05, 0) is 48.9 Å². The molecule has 1 fully saturated rings. The highest BCUT2D eigenvalue weighted by atomic mass is 16.5. The summed E-state index contributed by atoms with van der Waals surface area (Å²) < 4.78 is 16.2. The van der Waals surface area contributed by atoms with Crippen LogP contribution in [0.5, 0.6) is 17.2 Å². The Balaban J connectivity index is 1.80. The molecule has 2 N–H and O–H groups in total. The molecule has 0 amide bonds. The molecule has 1 aromatic rings. The number of guanidine groups is 1. The fourth-order valence-electron chi connectivity index (χ4n) is 4.13. The normalized spacial score (nSPS) is 20.3. The summed E-state index contributed by atoms with van der Waals surface area (Å²) in [6, 6.07) is 3.89. The molecular weight excluding hydrogens is 368 g/mol. The third-order valence-corrected chi connectivity index (χ3v) is 5.30. The van der Waals surface area contributed by atoms with Gasteiger partial charge >= 0.3 is 0 Å². The number of nitrogens with zero attached hydrogens (tertiary/aromatic N) is 2. The van der Waals surface area contributed by atoms with Gasteiger partial charge in [0.05, 0.1) is 21.3 Å². The Bertz CT molecular complexity index is 630. The lowest BCUT2D eigenvalue weighted by molar-refractivity contribution is 0.140. The lowest BCUT2D eigenvalue weighted by Gasteiger charge is -2.35. The number of nitrogens with one attached hydrogen (secondary N) is 2. The average Bonchev–Trinajstić information content (AvgIpc) is 2.71. The maximum Gasteiger partial charge on any atom is 0.203 e. The molecule has 1 aromatic carbocycles. The van der Waals surface area contributed by atoms with Crippen LogP contribution in [0.1, 0.15) is 32.3 Å². The average molecular weight is 407 g/mol. The van der Waals surface area contributed by atoms with E-state index in [1.54, 1.807) is 28.4 Å². The van der Waals surface area contributed by atoms with Crippen molar-refractivity contribution in [1.82, 2.24) is 15.5 Å². The van der Waals surface area contributed by atoms with E-state index in [1.807, 2.05) is 12.1 Å². The molecule has 1 saturated heterocycles. The summed E-state index contributed by atoms with van der Waals surface area (Å²) in [7, 11) is 6.64. The Morgan fingerprint density at radius 1 is 1.03 bits per heavy atom. The number of ether oxygens (including phenoxy) is 3. The zero-order chi connectivity index (χ0) is 21.2. The van der Waals surface area contributed by atoms with Gasteiger partial charge in [-0.3, -0.25) is 4.99 Å². The summed E-state index contributed by atoms with van der Waals surface area (Å²) in [6.45, 7) is 9.79. The molecule has 7 nitrogen and oxygen atoms in total. The van der Waals surface area contributed by atoms with Crippen molar-refractivity contribution in [3.8, 4) is 17.2 Å². The van der Waals surface area contributed by atoms with Gasteiger partial charge in [0, 0.05) is 33.2 Å². The molecule has 0 aliphatic carbocycles. The second kappa shape index (κ2) is 11.8. The van der Waals surface area contributed by atoms with E-state index in [4.69, 9.17) is 14.2 Å². The fourth-order valence-corrected chi connectivity index (χ4v) is 4.13. The first kappa shape index (κ1) is 23.1. The SMILES string of the molecule is CN=C(NCCCN1CC(C)CC(C)C1)NCc1cc(OC)c(OC)c(OC)c1. The van der Waals surface area contributed by atoms with Gasteiger partial charge in [-0.2, -0.15) is 0 Å². The monoisotopic (exact) mass is 406 g/mol. The second-order valence-corrected chi connectivity index (χ2v) is 7.95. The van der Waals surface area contributed by atoms with Crippen molar-refractivity contribution in [2.75, 3.05) is 54.6 Å². The van der Waals surface area contributed by atoms with Gasteiger partial charge in [-0.15, -0.1) is 0 Å². The van der Waals surface area contributed by atoms with E-state index in [9.17, 15) is 0 Å². The molecule has 1 aliphatic rings. The van der Waals surface area contributed by atoms with Crippen LogP contribution < -0.4 is 24.8 Å². The number of likely N-dealkylation sites (tertiary alicyclic amines) is 1. The topological polar surface area (TPSA) is 67.4 Å². The van der Waals surface area contributed by atoms with Crippen molar-refractivity contribution < 1.29 is 14.2 Å². The van der Waals surface area contributed by atoms with Gasteiger partial charge in [0.2, 0.25) is 5.75 Å². The zero-order valence-corrected chi connectivity index (χ0v) is 18.9. The lowest BCUT2D eigenvalue weighted by Crippen LogP contribution is -2.41. The van der Waals surface area contributed by atoms with Crippen LogP contribution in [0.3, 0.4) is 0 Å². The maximum absolute atomic E-state index is 5.42. The smallest absolute Gasteiger partial charge is 0.203 e. The third kappa shape index (κ3) is 6.99. The highest BCUT2D eigenvalue weighted by Gasteiger charge is 2.21. The van der Waals surface area contributed by atoms with Gasteiger partial charge in [0.1, 0.15) is 0 Å². The molecule has 0 aromatic heterocycles. The van der Waals surface area contributed by atoms with Crippen molar-refractivity contribution >= 4 is 5.96 Å². The lowest BCUT2D eigenvalue weighted by atomic mass is 9.92. The molecule has 0 spiro atoms. The van der Waals surface area contributed by atoms with Gasteiger partial charge in [0.25, 0.3) is 0 Å². The van der Waals surface area contributed by atoms with E-state index >= 15 is 0 Å². The molecule has 0 bridgehead atoms. The van der Waals surface area contributed by atoms with Crippen molar-refractivity contribution in [3.63, 3.8) is 0 Å². The van der Waals surface area contributed by atoms with E-state index in [1.165, 1.54) is 19.5 Å². The molecule has 2 unspecified atom stereocenters. The predicted octanol–water partition coefficient (Wildman–Crippen LogP) is 2.75. The van der Waals surface area contributed by atoms with E-state index in [-0.39, 0.29) is 0 Å². The number of aliphatic imine (C=N–C) groups is 1. The molecule has 0 saturated carbocycles. The minimum atomic E-state index is 0.600. The number of rotatable bonds is 9. The molecule has 164 valence electrons. The first-order valence-electron chi connectivity index (χ1n) is 10.5. The van der Waals surface area contributed by atoms with Crippen LogP contribution in [-0.4, -0.2) is 65.4 Å². The van der Waals surface area contributed by atoms with Gasteiger partial charge in [0.15, 0.2) is 17.5 Å². The fraction of sp³-hybridized carbons (Fsp3) is 0.682. The Hall–Kier alpha value is -2.15. The molecular formula is C22H38N4O3. The standard InChI is InChI=1S/C22H38N4O3/c1-16-10-17(2)15-26(14-16)9-7-8-24-22(23-3)25-13-18-11-19(27-4)21(29-6)20(12-18)28-5/h11-12,16-17H,7-10,13-15H2,1-6H3,(H2,23,24,25). The highest BCUT2D eigenvalue weighted by molar-refractivity contribution is 5.79. The number of hydrogen-bond acceptors (Lipinski definition) is 5. The van der Waals surface area contributed by atoms with Crippen molar-refractivity contribution in [1.29, 1.82) is 0 Å². The van der Waals surface area contributed by atoms with Crippen LogP contribution in [0.25, 0.3) is 0 Å². The van der Waals surface area contributed by atoms with Gasteiger partial charge in [-0.25, -0.2) is 0 Å². The summed E-state index contributed by atoms with van der Waals surface area (Å²) >= 11 is 0. The number of benzene rings is 1. The quantitative estimate of drug-likeness (QED) is 0.373. The van der Waals surface area contributed by atoms with Crippen LogP contribution in [0, 0.1) is 11.8 Å². The van der Waals surface area contributed by atoms with E-state index in [0.29, 0.717) is 23.8 Å². The summed E-state index contributed by atoms with van der Waals surface area (Å²) in [5.41, 5.74) is 1.03. The summed E-state index contributed by atoms with van der Waals surface area (Å²) in [6.07, 6.45) is 2.45.